The average molecular weight is 342 g/mol. The second-order valence-electron chi connectivity index (χ2n) is 5.28. The van der Waals surface area contributed by atoms with Gasteiger partial charge in [-0.15, -0.1) is 5.10 Å². The Morgan fingerprint density at radius 2 is 1.79 bits per heavy atom. The van der Waals surface area contributed by atoms with Gasteiger partial charge in [-0.05, 0) is 23.3 Å². The summed E-state index contributed by atoms with van der Waals surface area (Å²) in [6, 6.07) is 16.9. The Balaban J connectivity index is 1.67. The molecule has 0 saturated carbocycles. The number of hydrogen-bond acceptors (Lipinski definition) is 4. The summed E-state index contributed by atoms with van der Waals surface area (Å²) in [5.74, 6) is -0.116. The maximum Gasteiger partial charge on any atom is 0.275 e. The number of nitrogens with one attached hydrogen (secondary N) is 1. The van der Waals surface area contributed by atoms with Crippen molar-refractivity contribution in [1.82, 2.24) is 20.3 Å². The average Bonchev–Trinajstić information content (AvgIpc) is 2.96. The molecule has 2 aromatic carbocycles. The Hall–Kier alpha value is -2.86. The topological polar surface area (TPSA) is 85.8 Å². The smallest absolute Gasteiger partial charge is 0.275 e. The summed E-state index contributed by atoms with van der Waals surface area (Å²) >= 11 is 5.86. The van der Waals surface area contributed by atoms with E-state index in [-0.39, 0.29) is 17.4 Å². The maximum absolute atomic E-state index is 12.2. The third-order valence-electron chi connectivity index (χ3n) is 3.53. The summed E-state index contributed by atoms with van der Waals surface area (Å²) < 4.78 is 1.49. The molecule has 24 heavy (non-hydrogen) atoms. The molecule has 0 saturated heterocycles. The second-order valence-corrected chi connectivity index (χ2v) is 5.71. The first-order chi connectivity index (χ1) is 11.6. The lowest BCUT2D eigenvalue weighted by molar-refractivity contribution is 0.0946. The van der Waals surface area contributed by atoms with Gasteiger partial charge in [-0.2, -0.15) is 0 Å². The van der Waals surface area contributed by atoms with E-state index in [4.69, 9.17) is 17.3 Å². The SMILES string of the molecule is Nc1c(C(=O)NCc2ccccc2)nnn1Cc1ccc(Cl)cc1. The summed E-state index contributed by atoms with van der Waals surface area (Å²) in [5.41, 5.74) is 8.09. The molecule has 6 nitrogen and oxygen atoms in total. The van der Waals surface area contributed by atoms with E-state index >= 15 is 0 Å². The van der Waals surface area contributed by atoms with Crippen LogP contribution in [0.3, 0.4) is 0 Å². The highest BCUT2D eigenvalue weighted by Crippen LogP contribution is 2.14. The van der Waals surface area contributed by atoms with Gasteiger partial charge in [-0.3, -0.25) is 4.79 Å². The minimum Gasteiger partial charge on any atom is -0.382 e. The molecule has 0 aliphatic heterocycles. The maximum atomic E-state index is 12.2. The zero-order valence-electron chi connectivity index (χ0n) is 12.8. The van der Waals surface area contributed by atoms with Crippen LogP contribution in [0.4, 0.5) is 5.82 Å². The lowest BCUT2D eigenvalue weighted by atomic mass is 10.2. The molecule has 0 radical (unpaired) electrons. The number of amides is 1. The van der Waals surface area contributed by atoms with E-state index in [9.17, 15) is 4.79 Å². The third kappa shape index (κ3) is 3.72. The van der Waals surface area contributed by atoms with Crippen molar-refractivity contribution in [1.29, 1.82) is 0 Å². The molecule has 0 aliphatic carbocycles. The van der Waals surface area contributed by atoms with Crippen LogP contribution >= 0.6 is 11.6 Å². The van der Waals surface area contributed by atoms with E-state index in [0.29, 0.717) is 18.1 Å². The molecular formula is C17H16ClN5O. The summed E-state index contributed by atoms with van der Waals surface area (Å²) in [6.07, 6.45) is 0. The van der Waals surface area contributed by atoms with Crippen molar-refractivity contribution < 1.29 is 4.79 Å². The van der Waals surface area contributed by atoms with Crippen LogP contribution in [0.2, 0.25) is 5.02 Å². The summed E-state index contributed by atoms with van der Waals surface area (Å²) in [6.45, 7) is 0.825. The molecule has 0 bridgehead atoms. The monoisotopic (exact) mass is 341 g/mol. The van der Waals surface area contributed by atoms with Gasteiger partial charge in [0.2, 0.25) is 0 Å². The van der Waals surface area contributed by atoms with Gasteiger partial charge in [0.1, 0.15) is 0 Å². The lowest BCUT2D eigenvalue weighted by Crippen LogP contribution is -2.24. The molecule has 1 heterocycles. The number of aromatic nitrogens is 3. The van der Waals surface area contributed by atoms with Crippen LogP contribution in [0, 0.1) is 0 Å². The quantitative estimate of drug-likeness (QED) is 0.746. The third-order valence-corrected chi connectivity index (χ3v) is 3.78. The number of nitrogen functional groups attached to an aromatic ring is 1. The zero-order valence-corrected chi connectivity index (χ0v) is 13.6. The number of hydrogen-bond donors (Lipinski definition) is 2. The predicted octanol–water partition coefficient (Wildman–Crippen LogP) is 2.49. The van der Waals surface area contributed by atoms with Crippen LogP contribution in [-0.2, 0) is 13.1 Å². The molecule has 3 aromatic rings. The number of benzene rings is 2. The second kappa shape index (κ2) is 7.14. The van der Waals surface area contributed by atoms with Crippen molar-refractivity contribution in [3.8, 4) is 0 Å². The normalized spacial score (nSPS) is 10.5. The Morgan fingerprint density at radius 1 is 1.08 bits per heavy atom. The summed E-state index contributed by atoms with van der Waals surface area (Å²) in [4.78, 5) is 12.2. The van der Waals surface area contributed by atoms with E-state index in [2.05, 4.69) is 15.6 Å². The minimum atomic E-state index is -0.348. The van der Waals surface area contributed by atoms with Crippen molar-refractivity contribution in [2.75, 3.05) is 5.73 Å². The lowest BCUT2D eigenvalue weighted by Gasteiger charge is -2.05. The fraction of sp³-hybridized carbons (Fsp3) is 0.118. The molecule has 0 spiro atoms. The molecule has 0 aliphatic rings. The fourth-order valence-electron chi connectivity index (χ4n) is 2.22. The molecule has 0 fully saturated rings. The molecule has 3 N–H and O–H groups in total. The largest absolute Gasteiger partial charge is 0.382 e. The number of anilines is 1. The van der Waals surface area contributed by atoms with Crippen molar-refractivity contribution in [2.24, 2.45) is 0 Å². The first-order valence-corrected chi connectivity index (χ1v) is 7.77. The highest BCUT2D eigenvalue weighted by atomic mass is 35.5. The molecule has 3 rings (SSSR count). The number of rotatable bonds is 5. The van der Waals surface area contributed by atoms with Crippen LogP contribution in [0.15, 0.2) is 54.6 Å². The van der Waals surface area contributed by atoms with Gasteiger partial charge >= 0.3 is 0 Å². The number of halogens is 1. The van der Waals surface area contributed by atoms with Gasteiger partial charge < -0.3 is 11.1 Å². The van der Waals surface area contributed by atoms with Gasteiger partial charge in [0.15, 0.2) is 11.5 Å². The predicted molar refractivity (Wildman–Crippen MR) is 92.6 cm³/mol. The first-order valence-electron chi connectivity index (χ1n) is 7.39. The number of carbonyl (C=O) groups excluding carboxylic acids is 1. The molecule has 0 unspecified atom stereocenters. The van der Waals surface area contributed by atoms with Crippen LogP contribution < -0.4 is 11.1 Å². The number of nitrogens with zero attached hydrogens (tertiary/aromatic N) is 3. The first kappa shape index (κ1) is 16.0. The molecule has 1 amide bonds. The molecule has 122 valence electrons. The summed E-state index contributed by atoms with van der Waals surface area (Å²) in [7, 11) is 0. The van der Waals surface area contributed by atoms with Crippen LogP contribution in [-0.4, -0.2) is 20.9 Å². The van der Waals surface area contributed by atoms with Crippen molar-refractivity contribution >= 4 is 23.3 Å². The van der Waals surface area contributed by atoms with Crippen molar-refractivity contribution in [2.45, 2.75) is 13.1 Å². The zero-order chi connectivity index (χ0) is 16.9. The Kier molecular flexibility index (Phi) is 4.77. The Morgan fingerprint density at radius 3 is 2.50 bits per heavy atom. The highest BCUT2D eigenvalue weighted by molar-refractivity contribution is 6.30. The van der Waals surface area contributed by atoms with Crippen LogP contribution in [0.5, 0.6) is 0 Å². The standard InChI is InChI=1S/C17H16ClN5O/c18-14-8-6-13(7-9-14)11-23-16(19)15(21-22-23)17(24)20-10-12-4-2-1-3-5-12/h1-9H,10-11,19H2,(H,20,24). The van der Waals surface area contributed by atoms with E-state index in [0.717, 1.165) is 11.1 Å². The van der Waals surface area contributed by atoms with Gasteiger partial charge in [-0.25, -0.2) is 4.68 Å². The van der Waals surface area contributed by atoms with Gasteiger partial charge in [0, 0.05) is 11.6 Å². The fourth-order valence-corrected chi connectivity index (χ4v) is 2.35. The van der Waals surface area contributed by atoms with Crippen LogP contribution in [0.25, 0.3) is 0 Å². The number of carbonyl (C=O) groups is 1. The minimum absolute atomic E-state index is 0.125. The molecule has 7 heteroatoms. The van der Waals surface area contributed by atoms with Gasteiger partial charge in [0.05, 0.1) is 6.54 Å². The van der Waals surface area contributed by atoms with E-state index in [1.165, 1.54) is 4.68 Å². The Bertz CT molecular complexity index is 830. The Labute approximate surface area is 144 Å². The molecular weight excluding hydrogens is 326 g/mol. The number of nitrogens with two attached hydrogens (primary N) is 1. The van der Waals surface area contributed by atoms with Crippen molar-refractivity contribution in [3.63, 3.8) is 0 Å². The molecule has 0 atom stereocenters. The molecule has 1 aromatic heterocycles. The summed E-state index contributed by atoms with van der Waals surface area (Å²) in [5, 5.41) is 11.3. The van der Waals surface area contributed by atoms with E-state index in [1.807, 2.05) is 42.5 Å². The van der Waals surface area contributed by atoms with E-state index in [1.54, 1.807) is 12.1 Å². The van der Waals surface area contributed by atoms with Gasteiger partial charge in [0.25, 0.3) is 5.91 Å². The van der Waals surface area contributed by atoms with E-state index < -0.39 is 0 Å². The van der Waals surface area contributed by atoms with Crippen molar-refractivity contribution in [3.05, 3.63) is 76.4 Å². The highest BCUT2D eigenvalue weighted by Gasteiger charge is 2.17. The van der Waals surface area contributed by atoms with Crippen LogP contribution in [0.1, 0.15) is 21.6 Å². The van der Waals surface area contributed by atoms with Gasteiger partial charge in [-0.1, -0.05) is 59.3 Å².